The number of ether oxygens (including phenoxy) is 1. The van der Waals surface area contributed by atoms with Crippen LogP contribution in [0.15, 0.2) is 18.2 Å². The number of nitrogens with two attached hydrogens (primary N) is 1. The van der Waals surface area contributed by atoms with Crippen LogP contribution in [0.1, 0.15) is 10.4 Å². The Hall–Kier alpha value is -1.92. The topological polar surface area (TPSA) is 72.6 Å². The molecule has 7 heteroatoms. The number of alkyl halides is 3. The first kappa shape index (κ1) is 11.2. The number of anilines is 1. The quantitative estimate of drug-likeness (QED) is 0.747. The van der Waals surface area contributed by atoms with Gasteiger partial charge < -0.3 is 15.6 Å². The molecule has 0 radical (unpaired) electrons. The van der Waals surface area contributed by atoms with Gasteiger partial charge in [-0.2, -0.15) is 0 Å². The van der Waals surface area contributed by atoms with Gasteiger partial charge in [-0.05, 0) is 12.1 Å². The second-order valence-corrected chi connectivity index (χ2v) is 2.61. The van der Waals surface area contributed by atoms with Gasteiger partial charge in [0.1, 0.15) is 11.3 Å². The molecule has 0 aliphatic heterocycles. The third kappa shape index (κ3) is 3.04. The molecule has 0 heterocycles. The Morgan fingerprint density at radius 3 is 2.47 bits per heavy atom. The molecule has 1 aromatic carbocycles. The SMILES string of the molecule is Nc1ccc(C(=O)O)c(OC(F)(F)F)c1. The minimum absolute atomic E-state index is 0.0146. The minimum Gasteiger partial charge on any atom is -0.478 e. The molecule has 1 aromatic rings. The van der Waals surface area contributed by atoms with E-state index in [0.717, 1.165) is 12.1 Å². The Bertz CT molecular complexity index is 389. The fourth-order valence-corrected chi connectivity index (χ4v) is 0.925. The molecule has 0 aromatic heterocycles. The summed E-state index contributed by atoms with van der Waals surface area (Å²) in [5, 5.41) is 8.57. The Morgan fingerprint density at radius 1 is 1.40 bits per heavy atom. The Labute approximate surface area is 82.1 Å². The van der Waals surface area contributed by atoms with E-state index in [4.69, 9.17) is 10.8 Å². The number of carboxylic acid groups (broad SMARTS) is 1. The fraction of sp³-hybridized carbons (Fsp3) is 0.125. The molecule has 3 N–H and O–H groups in total. The summed E-state index contributed by atoms with van der Waals surface area (Å²) >= 11 is 0. The third-order valence-corrected chi connectivity index (χ3v) is 1.46. The number of nitrogen functional groups attached to an aromatic ring is 1. The summed E-state index contributed by atoms with van der Waals surface area (Å²) < 4.78 is 39.1. The highest BCUT2D eigenvalue weighted by Crippen LogP contribution is 2.28. The number of rotatable bonds is 2. The van der Waals surface area contributed by atoms with Crippen molar-refractivity contribution in [2.75, 3.05) is 5.73 Å². The van der Waals surface area contributed by atoms with E-state index >= 15 is 0 Å². The molecule has 1 rings (SSSR count). The molecule has 0 amide bonds. The number of hydrogen-bond donors (Lipinski definition) is 2. The third-order valence-electron chi connectivity index (χ3n) is 1.46. The van der Waals surface area contributed by atoms with Crippen LogP contribution in [-0.2, 0) is 0 Å². The Balaban J connectivity index is 3.13. The van der Waals surface area contributed by atoms with Crippen LogP contribution in [0.2, 0.25) is 0 Å². The van der Waals surface area contributed by atoms with E-state index in [9.17, 15) is 18.0 Å². The Kier molecular flexibility index (Phi) is 2.74. The van der Waals surface area contributed by atoms with Crippen LogP contribution in [0.4, 0.5) is 18.9 Å². The summed E-state index contributed by atoms with van der Waals surface area (Å²) in [5.41, 5.74) is 4.60. The van der Waals surface area contributed by atoms with Gasteiger partial charge in [0.2, 0.25) is 0 Å². The van der Waals surface area contributed by atoms with Crippen molar-refractivity contribution in [3.05, 3.63) is 23.8 Å². The fourth-order valence-electron chi connectivity index (χ4n) is 0.925. The molecule has 0 aliphatic carbocycles. The largest absolute Gasteiger partial charge is 0.573 e. The van der Waals surface area contributed by atoms with Gasteiger partial charge in [-0.15, -0.1) is 13.2 Å². The summed E-state index contributed by atoms with van der Waals surface area (Å²) in [6.45, 7) is 0. The van der Waals surface area contributed by atoms with Crippen molar-refractivity contribution >= 4 is 11.7 Å². The summed E-state index contributed by atoms with van der Waals surface area (Å²) in [4.78, 5) is 10.5. The maximum Gasteiger partial charge on any atom is 0.573 e. The summed E-state index contributed by atoms with van der Waals surface area (Å²) in [6, 6.07) is 2.92. The van der Waals surface area contributed by atoms with E-state index in [1.807, 2.05) is 0 Å². The van der Waals surface area contributed by atoms with Gasteiger partial charge in [-0.3, -0.25) is 0 Å². The smallest absolute Gasteiger partial charge is 0.478 e. The number of carboxylic acids is 1. The molecule has 15 heavy (non-hydrogen) atoms. The van der Waals surface area contributed by atoms with Crippen molar-refractivity contribution in [1.29, 1.82) is 0 Å². The number of halogens is 3. The number of aromatic carboxylic acids is 1. The molecule has 0 unspecified atom stereocenters. The van der Waals surface area contributed by atoms with Crippen LogP contribution in [-0.4, -0.2) is 17.4 Å². The predicted octanol–water partition coefficient (Wildman–Crippen LogP) is 1.87. The zero-order valence-corrected chi connectivity index (χ0v) is 7.21. The van der Waals surface area contributed by atoms with E-state index in [0.29, 0.717) is 0 Å². The molecule has 4 nitrogen and oxygen atoms in total. The standard InChI is InChI=1S/C8H6F3NO3/c9-8(10,11)15-6-3-4(12)1-2-5(6)7(13)14/h1-3H,12H2,(H,13,14). The van der Waals surface area contributed by atoms with Gasteiger partial charge in [0.25, 0.3) is 0 Å². The summed E-state index contributed by atoms with van der Waals surface area (Å²) in [6.07, 6.45) is -4.95. The van der Waals surface area contributed by atoms with Crippen molar-refractivity contribution in [2.45, 2.75) is 6.36 Å². The summed E-state index contributed by atoms with van der Waals surface area (Å²) in [5.74, 6) is -2.34. The average molecular weight is 221 g/mol. The van der Waals surface area contributed by atoms with Crippen molar-refractivity contribution in [3.63, 3.8) is 0 Å². The lowest BCUT2D eigenvalue weighted by atomic mass is 10.2. The minimum atomic E-state index is -4.95. The molecule has 0 aliphatic rings. The molecule has 0 saturated heterocycles. The summed E-state index contributed by atoms with van der Waals surface area (Å²) in [7, 11) is 0. The first-order valence-electron chi connectivity index (χ1n) is 3.68. The maximum absolute atomic E-state index is 11.9. The highest BCUT2D eigenvalue weighted by Gasteiger charge is 2.33. The van der Waals surface area contributed by atoms with Crippen LogP contribution < -0.4 is 10.5 Å². The Morgan fingerprint density at radius 2 is 2.00 bits per heavy atom. The van der Waals surface area contributed by atoms with Crippen LogP contribution in [0.3, 0.4) is 0 Å². The normalized spacial score (nSPS) is 11.1. The van der Waals surface area contributed by atoms with E-state index in [2.05, 4.69) is 4.74 Å². The molecular formula is C8H6F3NO3. The molecule has 0 saturated carbocycles. The van der Waals surface area contributed by atoms with Crippen LogP contribution in [0, 0.1) is 0 Å². The molecule has 82 valence electrons. The first-order chi connectivity index (χ1) is 6.79. The zero-order chi connectivity index (χ0) is 11.6. The van der Waals surface area contributed by atoms with Gasteiger partial charge in [-0.1, -0.05) is 0 Å². The lowest BCUT2D eigenvalue weighted by Crippen LogP contribution is -2.19. The zero-order valence-electron chi connectivity index (χ0n) is 7.21. The number of benzene rings is 1. The average Bonchev–Trinajstić information content (AvgIpc) is 1.99. The van der Waals surface area contributed by atoms with Crippen LogP contribution in [0.25, 0.3) is 0 Å². The van der Waals surface area contributed by atoms with Crippen molar-refractivity contribution in [3.8, 4) is 5.75 Å². The molecule has 0 atom stereocenters. The van der Waals surface area contributed by atoms with E-state index in [-0.39, 0.29) is 5.69 Å². The predicted molar refractivity (Wildman–Crippen MR) is 44.5 cm³/mol. The van der Waals surface area contributed by atoms with Crippen molar-refractivity contribution in [2.24, 2.45) is 0 Å². The van der Waals surface area contributed by atoms with Gasteiger partial charge in [0.05, 0.1) is 0 Å². The molecular weight excluding hydrogens is 215 g/mol. The molecule has 0 fully saturated rings. The highest BCUT2D eigenvalue weighted by atomic mass is 19.4. The van der Waals surface area contributed by atoms with E-state index in [1.54, 1.807) is 0 Å². The van der Waals surface area contributed by atoms with Gasteiger partial charge in [0, 0.05) is 11.8 Å². The van der Waals surface area contributed by atoms with E-state index in [1.165, 1.54) is 6.07 Å². The van der Waals surface area contributed by atoms with Crippen molar-refractivity contribution < 1.29 is 27.8 Å². The van der Waals surface area contributed by atoms with Gasteiger partial charge in [-0.25, -0.2) is 4.79 Å². The molecule has 0 bridgehead atoms. The van der Waals surface area contributed by atoms with Crippen molar-refractivity contribution in [1.82, 2.24) is 0 Å². The van der Waals surface area contributed by atoms with Crippen LogP contribution in [0.5, 0.6) is 5.75 Å². The number of hydrogen-bond acceptors (Lipinski definition) is 3. The van der Waals surface area contributed by atoms with Crippen LogP contribution >= 0.6 is 0 Å². The number of carbonyl (C=O) groups is 1. The lowest BCUT2D eigenvalue weighted by Gasteiger charge is -2.11. The molecule has 0 spiro atoms. The second-order valence-electron chi connectivity index (χ2n) is 2.61. The van der Waals surface area contributed by atoms with E-state index < -0.39 is 23.6 Å². The highest BCUT2D eigenvalue weighted by molar-refractivity contribution is 5.91. The lowest BCUT2D eigenvalue weighted by molar-refractivity contribution is -0.274. The first-order valence-corrected chi connectivity index (χ1v) is 3.68. The van der Waals surface area contributed by atoms with Gasteiger partial charge in [0.15, 0.2) is 0 Å². The second kappa shape index (κ2) is 3.68. The monoisotopic (exact) mass is 221 g/mol. The van der Waals surface area contributed by atoms with Gasteiger partial charge >= 0.3 is 12.3 Å². The maximum atomic E-state index is 11.9.